The van der Waals surface area contributed by atoms with Crippen LogP contribution < -0.4 is 0 Å². The quantitative estimate of drug-likeness (QED) is 0.481. The fourth-order valence-electron chi connectivity index (χ4n) is 4.45. The van der Waals surface area contributed by atoms with E-state index in [2.05, 4.69) is 38.1 Å². The molecule has 1 heteroatoms. The van der Waals surface area contributed by atoms with Crippen molar-refractivity contribution in [2.75, 3.05) is 0 Å². The molecule has 1 aliphatic rings. The Hall–Kier alpha value is -1.63. The number of rotatable bonds is 7. The Labute approximate surface area is 158 Å². The molecule has 0 heterocycles. The first-order chi connectivity index (χ1) is 12.7. The highest BCUT2D eigenvalue weighted by Crippen LogP contribution is 2.34. The summed E-state index contributed by atoms with van der Waals surface area (Å²) in [6, 6.07) is 14.1. The summed E-state index contributed by atoms with van der Waals surface area (Å²) in [6.07, 6.45) is 11.8. The molecule has 140 valence electrons. The van der Waals surface area contributed by atoms with Crippen LogP contribution in [-0.4, -0.2) is 0 Å². The zero-order valence-corrected chi connectivity index (χ0v) is 16.4. The first kappa shape index (κ1) is 19.1. The van der Waals surface area contributed by atoms with Crippen molar-refractivity contribution in [3.63, 3.8) is 0 Å². The monoisotopic (exact) mass is 352 g/mol. The second kappa shape index (κ2) is 9.35. The number of hydrogen-bond acceptors (Lipinski definition) is 0. The van der Waals surface area contributed by atoms with Gasteiger partial charge in [0.05, 0.1) is 0 Å². The maximum absolute atomic E-state index is 14.3. The largest absolute Gasteiger partial charge is 0.206 e. The maximum atomic E-state index is 14.3. The molecule has 2 aromatic rings. The second-order valence-corrected chi connectivity index (χ2v) is 8.08. The summed E-state index contributed by atoms with van der Waals surface area (Å²) in [5, 5.41) is 0. The molecule has 0 radical (unpaired) electrons. The van der Waals surface area contributed by atoms with E-state index in [1.165, 1.54) is 50.5 Å². The van der Waals surface area contributed by atoms with E-state index in [4.69, 9.17) is 0 Å². The van der Waals surface area contributed by atoms with Crippen LogP contribution >= 0.6 is 0 Å². The van der Waals surface area contributed by atoms with Crippen LogP contribution in [-0.2, 0) is 12.8 Å². The smallest absolute Gasteiger partial charge is 0.131 e. The van der Waals surface area contributed by atoms with Gasteiger partial charge in [0.1, 0.15) is 5.82 Å². The molecule has 1 saturated carbocycles. The van der Waals surface area contributed by atoms with E-state index < -0.39 is 0 Å². The Bertz CT molecular complexity index is 678. The van der Waals surface area contributed by atoms with Crippen molar-refractivity contribution >= 4 is 0 Å². The molecule has 0 nitrogen and oxygen atoms in total. The summed E-state index contributed by atoms with van der Waals surface area (Å²) < 4.78 is 14.3. The molecule has 2 aromatic carbocycles. The van der Waals surface area contributed by atoms with Crippen LogP contribution in [0.5, 0.6) is 0 Å². The van der Waals surface area contributed by atoms with Gasteiger partial charge < -0.3 is 0 Å². The Morgan fingerprint density at radius 2 is 1.42 bits per heavy atom. The van der Waals surface area contributed by atoms with Gasteiger partial charge in [0.2, 0.25) is 0 Å². The van der Waals surface area contributed by atoms with Gasteiger partial charge >= 0.3 is 0 Å². The molecule has 0 unspecified atom stereocenters. The van der Waals surface area contributed by atoms with Crippen molar-refractivity contribution in [1.29, 1.82) is 0 Å². The molecule has 0 aromatic heterocycles. The van der Waals surface area contributed by atoms with E-state index >= 15 is 0 Å². The van der Waals surface area contributed by atoms with Gasteiger partial charge in [0.25, 0.3) is 0 Å². The van der Waals surface area contributed by atoms with E-state index in [9.17, 15) is 4.39 Å². The molecule has 0 N–H and O–H groups in total. The fourth-order valence-corrected chi connectivity index (χ4v) is 4.45. The molecule has 3 rings (SSSR count). The van der Waals surface area contributed by atoms with Gasteiger partial charge in [-0.1, -0.05) is 88.8 Å². The topological polar surface area (TPSA) is 0 Å². The maximum Gasteiger partial charge on any atom is 0.131 e. The van der Waals surface area contributed by atoms with Crippen LogP contribution in [0.25, 0.3) is 11.1 Å². The van der Waals surface area contributed by atoms with Gasteiger partial charge in [-0.15, -0.1) is 0 Å². The minimum atomic E-state index is -0.110. The normalized spacial score (nSPS) is 20.3. The molecular formula is C25H33F. The minimum Gasteiger partial charge on any atom is -0.206 e. The van der Waals surface area contributed by atoms with Gasteiger partial charge in [-0.3, -0.25) is 0 Å². The number of halogens is 1. The van der Waals surface area contributed by atoms with Crippen molar-refractivity contribution in [1.82, 2.24) is 0 Å². The Morgan fingerprint density at radius 1 is 0.808 bits per heavy atom. The summed E-state index contributed by atoms with van der Waals surface area (Å²) >= 11 is 0. The third-order valence-corrected chi connectivity index (χ3v) is 6.21. The van der Waals surface area contributed by atoms with Crippen LogP contribution in [0.3, 0.4) is 0 Å². The van der Waals surface area contributed by atoms with Crippen LogP contribution in [0.15, 0.2) is 42.5 Å². The summed E-state index contributed by atoms with van der Waals surface area (Å²) in [5.74, 6) is 1.78. The average Bonchev–Trinajstić information content (AvgIpc) is 2.68. The van der Waals surface area contributed by atoms with Crippen molar-refractivity contribution in [2.24, 2.45) is 11.8 Å². The fraction of sp³-hybridized carbons (Fsp3) is 0.520. The second-order valence-electron chi connectivity index (χ2n) is 8.08. The number of benzene rings is 2. The molecule has 0 spiro atoms. The van der Waals surface area contributed by atoms with Crippen molar-refractivity contribution < 1.29 is 4.39 Å². The summed E-state index contributed by atoms with van der Waals surface area (Å²) in [5.41, 5.74) is 4.13. The standard InChI is InChI=1S/C25H33F/c1-3-5-20-6-8-21(9-7-20)10-11-22-12-15-23(16-13-22)24-17-14-19(4-2)18-25(24)26/h12-18,20-21H,3-11H2,1-2H3. The minimum absolute atomic E-state index is 0.110. The lowest BCUT2D eigenvalue weighted by atomic mass is 9.78. The first-order valence-corrected chi connectivity index (χ1v) is 10.6. The van der Waals surface area contributed by atoms with Gasteiger partial charge in [-0.2, -0.15) is 0 Å². The van der Waals surface area contributed by atoms with Crippen LogP contribution in [0.2, 0.25) is 0 Å². The Kier molecular flexibility index (Phi) is 6.88. The highest BCUT2D eigenvalue weighted by Gasteiger charge is 2.20. The first-order valence-electron chi connectivity index (χ1n) is 10.6. The molecular weight excluding hydrogens is 319 g/mol. The van der Waals surface area contributed by atoms with Gasteiger partial charge in [-0.05, 0) is 53.9 Å². The van der Waals surface area contributed by atoms with E-state index in [-0.39, 0.29) is 5.82 Å². The molecule has 1 aliphatic carbocycles. The molecule has 1 fully saturated rings. The van der Waals surface area contributed by atoms with Gasteiger partial charge in [0.15, 0.2) is 0 Å². The van der Waals surface area contributed by atoms with Crippen molar-refractivity contribution in [3.05, 3.63) is 59.4 Å². The lowest BCUT2D eigenvalue weighted by Crippen LogP contribution is -2.15. The van der Waals surface area contributed by atoms with E-state index in [0.717, 1.165) is 35.8 Å². The van der Waals surface area contributed by atoms with E-state index in [1.807, 2.05) is 12.1 Å². The van der Waals surface area contributed by atoms with Gasteiger partial charge in [-0.25, -0.2) is 4.39 Å². The third-order valence-electron chi connectivity index (χ3n) is 6.21. The van der Waals surface area contributed by atoms with E-state index in [1.54, 1.807) is 6.07 Å². The highest BCUT2D eigenvalue weighted by atomic mass is 19.1. The number of hydrogen-bond donors (Lipinski definition) is 0. The molecule has 0 saturated heterocycles. The molecule has 0 amide bonds. The van der Waals surface area contributed by atoms with Crippen LogP contribution in [0.1, 0.15) is 69.9 Å². The van der Waals surface area contributed by atoms with Crippen molar-refractivity contribution in [3.8, 4) is 11.1 Å². The average molecular weight is 353 g/mol. The third kappa shape index (κ3) is 4.96. The Morgan fingerprint density at radius 3 is 2.00 bits per heavy atom. The SMILES string of the molecule is CCCC1CCC(CCc2ccc(-c3ccc(CC)cc3F)cc2)CC1. The predicted octanol–water partition coefficient (Wildman–Crippen LogP) is 7.59. The highest BCUT2D eigenvalue weighted by molar-refractivity contribution is 5.64. The zero-order valence-electron chi connectivity index (χ0n) is 16.4. The van der Waals surface area contributed by atoms with Crippen LogP contribution in [0, 0.1) is 17.7 Å². The van der Waals surface area contributed by atoms with Crippen molar-refractivity contribution in [2.45, 2.75) is 71.6 Å². The van der Waals surface area contributed by atoms with Gasteiger partial charge in [0, 0.05) is 5.56 Å². The lowest BCUT2D eigenvalue weighted by Gasteiger charge is -2.28. The zero-order chi connectivity index (χ0) is 18.4. The molecule has 0 aliphatic heterocycles. The summed E-state index contributed by atoms with van der Waals surface area (Å²) in [4.78, 5) is 0. The van der Waals surface area contributed by atoms with E-state index in [0.29, 0.717) is 5.56 Å². The molecule has 26 heavy (non-hydrogen) atoms. The lowest BCUT2D eigenvalue weighted by molar-refractivity contribution is 0.252. The van der Waals surface area contributed by atoms with Crippen LogP contribution in [0.4, 0.5) is 4.39 Å². The predicted molar refractivity (Wildman–Crippen MR) is 110 cm³/mol. The summed E-state index contributed by atoms with van der Waals surface area (Å²) in [7, 11) is 0. The molecule has 0 atom stereocenters. The number of aryl methyl sites for hydroxylation is 2. The molecule has 0 bridgehead atoms. The Balaban J connectivity index is 1.54. The summed E-state index contributed by atoms with van der Waals surface area (Å²) in [6.45, 7) is 4.36.